The van der Waals surface area contributed by atoms with E-state index in [0.29, 0.717) is 71.9 Å². The van der Waals surface area contributed by atoms with E-state index < -0.39 is 6.17 Å². The van der Waals surface area contributed by atoms with Crippen molar-refractivity contribution in [2.75, 3.05) is 118 Å². The average molecular weight is 539 g/mol. The molecule has 1 rings (SSSR count). The number of amides is 1. The molecule has 0 spiro atoms. The van der Waals surface area contributed by atoms with E-state index in [0.717, 1.165) is 45.8 Å². The van der Waals surface area contributed by atoms with Crippen molar-refractivity contribution in [3.8, 4) is 0 Å². The Bertz CT molecular complexity index is 474. The Labute approximate surface area is 224 Å². The van der Waals surface area contributed by atoms with Crippen LogP contribution in [-0.2, 0) is 28.5 Å². The van der Waals surface area contributed by atoms with Crippen molar-refractivity contribution in [3.05, 3.63) is 0 Å². The monoisotopic (exact) mass is 538 g/mol. The van der Waals surface area contributed by atoms with Crippen molar-refractivity contribution in [1.82, 2.24) is 20.4 Å². The zero-order valence-electron chi connectivity index (χ0n) is 23.9. The van der Waals surface area contributed by atoms with Crippen LogP contribution in [0.15, 0.2) is 0 Å². The van der Waals surface area contributed by atoms with Crippen LogP contribution in [0.4, 0.5) is 4.39 Å². The predicted octanol–water partition coefficient (Wildman–Crippen LogP) is 1.19. The molecule has 1 amide bonds. The Morgan fingerprint density at radius 1 is 0.757 bits per heavy atom. The van der Waals surface area contributed by atoms with E-state index in [9.17, 15) is 9.18 Å². The summed E-state index contributed by atoms with van der Waals surface area (Å²) in [4.78, 5) is 14.8. The fourth-order valence-electron chi connectivity index (χ4n) is 3.25. The van der Waals surface area contributed by atoms with Gasteiger partial charge in [-0.15, -0.1) is 0 Å². The number of rotatable bonds is 24. The highest BCUT2D eigenvalue weighted by atomic mass is 19.1. The second kappa shape index (κ2) is 28.1. The zero-order valence-corrected chi connectivity index (χ0v) is 23.9. The Balaban J connectivity index is 0.00000410. The summed E-state index contributed by atoms with van der Waals surface area (Å²) >= 11 is 0. The minimum Gasteiger partial charge on any atom is -0.378 e. The first-order chi connectivity index (χ1) is 18.0. The first-order valence-electron chi connectivity index (χ1n) is 13.9. The Morgan fingerprint density at radius 2 is 1.19 bits per heavy atom. The standard InChI is InChI=1S/C23H47FN4O6.C3H8/c1-22(2)26-3-10-30-13-15-32-17-18-33-16-14-31-11-8-27-4-6-28(7-5-27)9-12-34-20-23(24)19-25-21-29;1-3-2/h21-23,26H,3-20H2,1-2H3,(H,25,29);3H2,1-2H3. The first-order valence-corrected chi connectivity index (χ1v) is 13.9. The maximum absolute atomic E-state index is 13.3. The van der Waals surface area contributed by atoms with Crippen molar-refractivity contribution < 1.29 is 32.9 Å². The highest BCUT2D eigenvalue weighted by Crippen LogP contribution is 2.01. The zero-order chi connectivity index (χ0) is 27.4. The summed E-state index contributed by atoms with van der Waals surface area (Å²) in [7, 11) is 0. The molecule has 10 nitrogen and oxygen atoms in total. The lowest BCUT2D eigenvalue weighted by Gasteiger charge is -2.34. The Morgan fingerprint density at radius 3 is 1.65 bits per heavy atom. The summed E-state index contributed by atoms with van der Waals surface area (Å²) in [5.74, 6) is 0. The third-order valence-corrected chi connectivity index (χ3v) is 5.20. The summed E-state index contributed by atoms with van der Waals surface area (Å²) in [6, 6.07) is 0.484. The van der Waals surface area contributed by atoms with E-state index in [4.69, 9.17) is 23.7 Å². The second-order valence-corrected chi connectivity index (χ2v) is 9.15. The number of alkyl halides is 1. The van der Waals surface area contributed by atoms with Crippen LogP contribution < -0.4 is 10.6 Å². The molecule has 1 atom stereocenters. The Kier molecular flexibility index (Phi) is 27.4. The summed E-state index contributed by atoms with van der Waals surface area (Å²) < 4.78 is 40.8. The molecule has 37 heavy (non-hydrogen) atoms. The van der Waals surface area contributed by atoms with Gasteiger partial charge >= 0.3 is 0 Å². The van der Waals surface area contributed by atoms with Gasteiger partial charge in [-0.25, -0.2) is 4.39 Å². The summed E-state index contributed by atoms with van der Waals surface area (Å²) in [6.07, 6.45) is 0.586. The van der Waals surface area contributed by atoms with Gasteiger partial charge in [-0.1, -0.05) is 34.1 Å². The van der Waals surface area contributed by atoms with Crippen LogP contribution in [0.2, 0.25) is 0 Å². The van der Waals surface area contributed by atoms with E-state index in [1.54, 1.807) is 0 Å². The quantitative estimate of drug-likeness (QED) is 0.139. The number of carbonyl (C=O) groups excluding carboxylic acids is 1. The van der Waals surface area contributed by atoms with Gasteiger partial charge in [0.1, 0.15) is 6.17 Å². The van der Waals surface area contributed by atoms with Crippen LogP contribution in [0.1, 0.15) is 34.1 Å². The molecule has 0 saturated carbocycles. The van der Waals surface area contributed by atoms with E-state index in [2.05, 4.69) is 48.1 Å². The van der Waals surface area contributed by atoms with Gasteiger partial charge in [-0.2, -0.15) is 0 Å². The molecule has 1 heterocycles. The molecule has 1 unspecified atom stereocenters. The third kappa shape index (κ3) is 26.5. The molecule has 0 aliphatic carbocycles. The van der Waals surface area contributed by atoms with Crippen LogP contribution >= 0.6 is 0 Å². The Hall–Kier alpha value is -0.920. The summed E-state index contributed by atoms with van der Waals surface area (Å²) in [6.45, 7) is 20.3. The van der Waals surface area contributed by atoms with Crippen molar-refractivity contribution in [1.29, 1.82) is 0 Å². The number of hydrogen-bond donors (Lipinski definition) is 2. The van der Waals surface area contributed by atoms with Crippen LogP contribution in [-0.4, -0.2) is 147 Å². The normalized spacial score (nSPS) is 15.4. The van der Waals surface area contributed by atoms with E-state index in [-0.39, 0.29) is 13.2 Å². The molecule has 11 heteroatoms. The minimum atomic E-state index is -1.16. The van der Waals surface area contributed by atoms with Gasteiger partial charge < -0.3 is 34.3 Å². The molecule has 1 aliphatic rings. The highest BCUT2D eigenvalue weighted by molar-refractivity contribution is 5.45. The third-order valence-electron chi connectivity index (χ3n) is 5.20. The smallest absolute Gasteiger partial charge is 0.207 e. The van der Waals surface area contributed by atoms with Gasteiger partial charge in [0.2, 0.25) is 6.41 Å². The lowest BCUT2D eigenvalue weighted by molar-refractivity contribution is -0.109. The second-order valence-electron chi connectivity index (χ2n) is 9.15. The van der Waals surface area contributed by atoms with E-state index >= 15 is 0 Å². The molecule has 0 aromatic rings. The lowest BCUT2D eigenvalue weighted by Crippen LogP contribution is -2.48. The van der Waals surface area contributed by atoms with Gasteiger partial charge in [0, 0.05) is 51.9 Å². The molecule has 2 N–H and O–H groups in total. The maximum Gasteiger partial charge on any atom is 0.207 e. The number of nitrogens with zero attached hydrogens (tertiary/aromatic N) is 2. The van der Waals surface area contributed by atoms with Gasteiger partial charge in [0.15, 0.2) is 0 Å². The van der Waals surface area contributed by atoms with Crippen molar-refractivity contribution in [2.24, 2.45) is 0 Å². The number of halogens is 1. The van der Waals surface area contributed by atoms with Gasteiger partial charge in [0.25, 0.3) is 0 Å². The molecule has 222 valence electrons. The largest absolute Gasteiger partial charge is 0.378 e. The molecule has 1 aliphatic heterocycles. The van der Waals surface area contributed by atoms with Crippen LogP contribution in [0.25, 0.3) is 0 Å². The molecule has 0 bridgehead atoms. The SMILES string of the molecule is CC(C)NCCOCCOCCOCCOCCN1CCN(CCOCC(F)CNC=O)CC1.CCC. The van der Waals surface area contributed by atoms with Crippen LogP contribution in [0, 0.1) is 0 Å². The van der Waals surface area contributed by atoms with Crippen LogP contribution in [0.5, 0.6) is 0 Å². The summed E-state index contributed by atoms with van der Waals surface area (Å²) in [5.41, 5.74) is 0. The van der Waals surface area contributed by atoms with Gasteiger partial charge in [-0.3, -0.25) is 14.6 Å². The summed E-state index contributed by atoms with van der Waals surface area (Å²) in [5, 5.41) is 5.61. The minimum absolute atomic E-state index is 0.00211. The van der Waals surface area contributed by atoms with E-state index in [1.807, 2.05) is 0 Å². The molecule has 1 saturated heterocycles. The number of piperazine rings is 1. The fraction of sp³-hybridized carbons (Fsp3) is 0.962. The fourth-order valence-corrected chi connectivity index (χ4v) is 3.25. The molecule has 0 radical (unpaired) electrons. The number of nitrogens with one attached hydrogen (secondary N) is 2. The van der Waals surface area contributed by atoms with Crippen LogP contribution in [0.3, 0.4) is 0 Å². The molecular weight excluding hydrogens is 483 g/mol. The van der Waals surface area contributed by atoms with Gasteiger partial charge in [-0.05, 0) is 0 Å². The molecule has 0 aromatic heterocycles. The maximum atomic E-state index is 13.3. The highest BCUT2D eigenvalue weighted by Gasteiger charge is 2.16. The van der Waals surface area contributed by atoms with Crippen molar-refractivity contribution >= 4 is 6.41 Å². The number of ether oxygens (including phenoxy) is 5. The average Bonchev–Trinajstić information content (AvgIpc) is 2.88. The number of carbonyl (C=O) groups is 1. The predicted molar refractivity (Wildman–Crippen MR) is 145 cm³/mol. The van der Waals surface area contributed by atoms with E-state index in [1.165, 1.54) is 6.42 Å². The molecule has 1 fully saturated rings. The number of hydrogen-bond acceptors (Lipinski definition) is 9. The molecular formula is C26H55FN4O6. The van der Waals surface area contributed by atoms with Crippen molar-refractivity contribution in [3.63, 3.8) is 0 Å². The first kappa shape index (κ1) is 36.1. The van der Waals surface area contributed by atoms with Gasteiger partial charge in [0.05, 0.1) is 72.6 Å². The topological polar surface area (TPSA) is 93.8 Å². The van der Waals surface area contributed by atoms with Crippen molar-refractivity contribution in [2.45, 2.75) is 46.3 Å². The lowest BCUT2D eigenvalue weighted by atomic mass is 10.3. The molecule has 0 aromatic carbocycles.